The van der Waals surface area contributed by atoms with Crippen LogP contribution in [0.3, 0.4) is 0 Å². The standard InChI is InChI=1S/C26H36F2O7S/c1-3-22-20-10-16(11-20)13-25(2,14-21(22)15-34-24(30)26(27,28)36(31,32)33)35-23(29)19-9-8-17-6-4-5-7-18(17)12-19/h13,17-19,21H,3-12,14-15H2,1-2H3,(H,31,32,33). The van der Waals surface area contributed by atoms with Crippen molar-refractivity contribution < 1.29 is 40.8 Å². The molecule has 0 spiro atoms. The summed E-state index contributed by atoms with van der Waals surface area (Å²) in [5.41, 5.74) is 2.22. The highest BCUT2D eigenvalue weighted by atomic mass is 32.2. The van der Waals surface area contributed by atoms with Crippen LogP contribution in [-0.2, 0) is 29.2 Å². The van der Waals surface area contributed by atoms with Crippen molar-refractivity contribution in [2.24, 2.45) is 23.7 Å². The van der Waals surface area contributed by atoms with Crippen LogP contribution in [0.2, 0.25) is 0 Å². The molecular weight excluding hydrogens is 494 g/mol. The van der Waals surface area contributed by atoms with Crippen LogP contribution in [0.25, 0.3) is 0 Å². The topological polar surface area (TPSA) is 107 Å². The van der Waals surface area contributed by atoms with Gasteiger partial charge in [0.2, 0.25) is 0 Å². The largest absolute Gasteiger partial charge is 0.465 e. The molecule has 0 aliphatic heterocycles. The number of hydrogen-bond donors (Lipinski definition) is 1. The lowest BCUT2D eigenvalue weighted by atomic mass is 9.67. The van der Waals surface area contributed by atoms with E-state index in [-0.39, 0.29) is 18.3 Å². The van der Waals surface area contributed by atoms with E-state index >= 15 is 0 Å². The Morgan fingerprint density at radius 3 is 2.44 bits per heavy atom. The Bertz CT molecular complexity index is 1050. The smallest absolute Gasteiger partial charge is 0.460 e. The third kappa shape index (κ3) is 5.54. The minimum absolute atomic E-state index is 0.159. The van der Waals surface area contributed by atoms with Gasteiger partial charge in [-0.2, -0.15) is 17.2 Å². The van der Waals surface area contributed by atoms with Crippen molar-refractivity contribution in [3.8, 4) is 0 Å². The molecule has 5 aliphatic rings. The lowest BCUT2D eigenvalue weighted by Gasteiger charge is -2.42. The molecule has 2 bridgehead atoms. The van der Waals surface area contributed by atoms with Crippen molar-refractivity contribution in [3.63, 3.8) is 0 Å². The summed E-state index contributed by atoms with van der Waals surface area (Å²) in [5, 5.41) is -5.05. The van der Waals surface area contributed by atoms with Gasteiger partial charge in [-0.3, -0.25) is 9.35 Å². The molecule has 10 heteroatoms. The molecule has 1 N–H and O–H groups in total. The summed E-state index contributed by atoms with van der Waals surface area (Å²) < 4.78 is 68.8. The number of carbonyl (C=O) groups is 2. The number of esters is 2. The number of carbonyl (C=O) groups excluding carboxylic acids is 2. The molecule has 0 amide bonds. The number of halogens is 2. The summed E-state index contributed by atoms with van der Waals surface area (Å²) in [6.07, 6.45) is 11.7. The molecule has 0 aromatic carbocycles. The summed E-state index contributed by atoms with van der Waals surface area (Å²) in [5.74, 6) is -1.99. The highest BCUT2D eigenvalue weighted by Gasteiger charge is 2.54. The van der Waals surface area contributed by atoms with Crippen molar-refractivity contribution >= 4 is 22.1 Å². The van der Waals surface area contributed by atoms with Gasteiger partial charge in [0, 0.05) is 12.3 Å². The third-order valence-corrected chi connectivity index (χ3v) is 9.37. The van der Waals surface area contributed by atoms with Gasteiger partial charge in [0.05, 0.1) is 12.5 Å². The fourth-order valence-corrected chi connectivity index (χ4v) is 7.02. The molecule has 5 aliphatic carbocycles. The predicted octanol–water partition coefficient (Wildman–Crippen LogP) is 5.37. The molecule has 7 nitrogen and oxygen atoms in total. The molecule has 0 aromatic heterocycles. The normalized spacial score (nSPS) is 32.9. The molecular formula is C26H36F2O7S. The number of hydrogen-bond acceptors (Lipinski definition) is 6. The first-order valence-electron chi connectivity index (χ1n) is 13.0. The van der Waals surface area contributed by atoms with Crippen LogP contribution in [0.4, 0.5) is 8.78 Å². The average molecular weight is 531 g/mol. The summed E-state index contributed by atoms with van der Waals surface area (Å²) in [4.78, 5) is 25.1. The third-order valence-electron chi connectivity index (χ3n) is 8.55. The molecule has 5 unspecified atom stereocenters. The Morgan fingerprint density at radius 2 is 1.81 bits per heavy atom. The lowest BCUT2D eigenvalue weighted by molar-refractivity contribution is -0.167. The average Bonchev–Trinajstić information content (AvgIpc) is 2.78. The van der Waals surface area contributed by atoms with E-state index in [0.29, 0.717) is 31.1 Å². The van der Waals surface area contributed by atoms with E-state index in [1.807, 2.05) is 13.0 Å². The van der Waals surface area contributed by atoms with Crippen LogP contribution in [0.1, 0.15) is 84.5 Å². The first kappa shape index (κ1) is 27.2. The van der Waals surface area contributed by atoms with Gasteiger partial charge in [-0.1, -0.05) is 49.3 Å². The maximum absolute atomic E-state index is 13.7. The van der Waals surface area contributed by atoms with Crippen molar-refractivity contribution in [1.29, 1.82) is 0 Å². The Kier molecular flexibility index (Phi) is 7.68. The van der Waals surface area contributed by atoms with E-state index in [0.717, 1.165) is 42.4 Å². The number of alkyl halides is 2. The first-order chi connectivity index (χ1) is 16.8. The van der Waals surface area contributed by atoms with Crippen LogP contribution in [-0.4, -0.2) is 42.4 Å². The number of allylic oxidation sites excluding steroid dienone is 2. The van der Waals surface area contributed by atoms with E-state index in [1.54, 1.807) is 6.92 Å². The maximum atomic E-state index is 13.7. The SMILES string of the molecule is CCC1=C2CC(=CC(C)(OC(=O)C3CCC4CCCCC4C3)CC1COC(=O)C(F)(F)S(=O)(=O)O)C2. The maximum Gasteiger partial charge on any atom is 0.465 e. The summed E-state index contributed by atoms with van der Waals surface area (Å²) in [7, 11) is -5.95. The van der Waals surface area contributed by atoms with Crippen LogP contribution >= 0.6 is 0 Å². The second-order valence-corrected chi connectivity index (χ2v) is 12.6. The first-order valence-corrected chi connectivity index (χ1v) is 14.4. The van der Waals surface area contributed by atoms with Gasteiger partial charge in [0.15, 0.2) is 0 Å². The van der Waals surface area contributed by atoms with E-state index in [2.05, 4.69) is 0 Å². The number of ether oxygens (including phenoxy) is 2. The van der Waals surface area contributed by atoms with E-state index < -0.39 is 39.5 Å². The summed E-state index contributed by atoms with van der Waals surface area (Å²) in [6, 6.07) is 0. The molecule has 5 rings (SSSR count). The highest BCUT2D eigenvalue weighted by molar-refractivity contribution is 7.87. The Morgan fingerprint density at radius 1 is 1.14 bits per heavy atom. The molecule has 0 saturated heterocycles. The molecule has 3 fully saturated rings. The molecule has 36 heavy (non-hydrogen) atoms. The minimum atomic E-state index is -5.95. The van der Waals surface area contributed by atoms with Crippen LogP contribution in [0, 0.1) is 23.7 Å². The van der Waals surface area contributed by atoms with Gasteiger partial charge in [0.25, 0.3) is 0 Å². The van der Waals surface area contributed by atoms with Gasteiger partial charge in [-0.25, -0.2) is 4.79 Å². The Labute approximate surface area is 211 Å². The summed E-state index contributed by atoms with van der Waals surface area (Å²) >= 11 is 0. The molecule has 0 radical (unpaired) electrons. The summed E-state index contributed by atoms with van der Waals surface area (Å²) in [6.45, 7) is 3.21. The lowest BCUT2D eigenvalue weighted by Crippen LogP contribution is -2.42. The van der Waals surface area contributed by atoms with Crippen LogP contribution < -0.4 is 0 Å². The van der Waals surface area contributed by atoms with E-state index in [4.69, 9.17) is 14.0 Å². The fourth-order valence-electron chi connectivity index (χ4n) is 6.75. The fraction of sp³-hybridized carbons (Fsp3) is 0.769. The van der Waals surface area contributed by atoms with Crippen molar-refractivity contribution in [1.82, 2.24) is 0 Å². The highest BCUT2D eigenvalue weighted by Crippen LogP contribution is 2.47. The predicted molar refractivity (Wildman–Crippen MR) is 127 cm³/mol. The zero-order valence-corrected chi connectivity index (χ0v) is 21.7. The van der Waals surface area contributed by atoms with Gasteiger partial charge in [0.1, 0.15) is 5.60 Å². The molecule has 202 valence electrons. The van der Waals surface area contributed by atoms with E-state index in [9.17, 15) is 26.8 Å². The van der Waals surface area contributed by atoms with Crippen molar-refractivity contribution in [2.45, 2.75) is 95.3 Å². The second kappa shape index (κ2) is 10.2. The van der Waals surface area contributed by atoms with Crippen LogP contribution in [0.15, 0.2) is 22.8 Å². The molecule has 5 atom stereocenters. The second-order valence-electron chi connectivity index (χ2n) is 11.2. The van der Waals surface area contributed by atoms with Gasteiger partial charge >= 0.3 is 27.3 Å². The van der Waals surface area contributed by atoms with Crippen LogP contribution in [0.5, 0.6) is 0 Å². The number of rotatable bonds is 7. The minimum Gasteiger partial charge on any atom is -0.460 e. The Balaban J connectivity index is 1.47. The Hall–Kier alpha value is -1.81. The monoisotopic (exact) mass is 530 g/mol. The molecule has 3 saturated carbocycles. The molecule has 0 aromatic rings. The van der Waals surface area contributed by atoms with Crippen molar-refractivity contribution in [2.75, 3.05) is 6.61 Å². The van der Waals surface area contributed by atoms with Gasteiger partial charge in [-0.15, -0.1) is 0 Å². The quantitative estimate of drug-likeness (QED) is 0.268. The molecule has 0 heterocycles. The van der Waals surface area contributed by atoms with Gasteiger partial charge < -0.3 is 9.47 Å². The number of fused-ring (bicyclic) bond motifs is 5. The zero-order chi connectivity index (χ0) is 26.3. The van der Waals surface area contributed by atoms with E-state index in [1.165, 1.54) is 19.3 Å². The van der Waals surface area contributed by atoms with Crippen molar-refractivity contribution in [3.05, 3.63) is 22.8 Å². The zero-order valence-electron chi connectivity index (χ0n) is 20.9. The van der Waals surface area contributed by atoms with Gasteiger partial charge in [-0.05, 0) is 63.4 Å².